The molecule has 0 amide bonds. The van der Waals surface area contributed by atoms with Crippen molar-refractivity contribution in [3.8, 4) is 0 Å². The van der Waals surface area contributed by atoms with Gasteiger partial charge in [0.05, 0.1) is 13.2 Å². The van der Waals surface area contributed by atoms with Crippen LogP contribution in [0.3, 0.4) is 0 Å². The van der Waals surface area contributed by atoms with Crippen molar-refractivity contribution in [2.24, 2.45) is 0 Å². The molecule has 1 aliphatic heterocycles. The van der Waals surface area contributed by atoms with Crippen LogP contribution >= 0.6 is 0 Å². The van der Waals surface area contributed by atoms with Gasteiger partial charge in [0.15, 0.2) is 0 Å². The minimum Gasteiger partial charge on any atom is -0.367 e. The Balaban J connectivity index is 1.54. The fraction of sp³-hybridized carbons (Fsp3) is 0.846. The second-order valence-electron chi connectivity index (χ2n) is 5.36. The van der Waals surface area contributed by atoms with Crippen molar-refractivity contribution < 1.29 is 9.26 Å². The molecule has 6 heteroatoms. The molecule has 1 aromatic heterocycles. The SMILES string of the molecule is CCCN1CCOC(c2noc(CNC3CC3)n2)C1. The summed E-state index contributed by atoms with van der Waals surface area (Å²) in [4.78, 5) is 6.83. The van der Waals surface area contributed by atoms with Crippen LogP contribution in [0.4, 0.5) is 0 Å². The lowest BCUT2D eigenvalue weighted by Gasteiger charge is -2.30. The van der Waals surface area contributed by atoms with Gasteiger partial charge in [-0.05, 0) is 25.8 Å². The van der Waals surface area contributed by atoms with Crippen molar-refractivity contribution in [3.63, 3.8) is 0 Å². The monoisotopic (exact) mass is 266 g/mol. The molecular weight excluding hydrogens is 244 g/mol. The van der Waals surface area contributed by atoms with E-state index in [4.69, 9.17) is 9.26 Å². The van der Waals surface area contributed by atoms with Crippen LogP contribution in [0.1, 0.15) is 44.0 Å². The van der Waals surface area contributed by atoms with E-state index in [1.807, 2.05) is 0 Å². The molecule has 1 atom stereocenters. The van der Waals surface area contributed by atoms with Crippen molar-refractivity contribution in [1.29, 1.82) is 0 Å². The average molecular weight is 266 g/mol. The number of rotatable bonds is 6. The Kier molecular flexibility index (Phi) is 4.10. The van der Waals surface area contributed by atoms with E-state index >= 15 is 0 Å². The number of nitrogens with zero attached hydrogens (tertiary/aromatic N) is 3. The third kappa shape index (κ3) is 3.52. The molecular formula is C13H22N4O2. The van der Waals surface area contributed by atoms with E-state index in [9.17, 15) is 0 Å². The first kappa shape index (κ1) is 13.0. The van der Waals surface area contributed by atoms with Gasteiger partial charge in [-0.25, -0.2) is 0 Å². The maximum absolute atomic E-state index is 5.74. The molecule has 0 spiro atoms. The zero-order valence-corrected chi connectivity index (χ0v) is 11.5. The van der Waals surface area contributed by atoms with Crippen molar-refractivity contribution >= 4 is 0 Å². The summed E-state index contributed by atoms with van der Waals surface area (Å²) in [5, 5.41) is 7.43. The van der Waals surface area contributed by atoms with Gasteiger partial charge in [0.2, 0.25) is 11.7 Å². The van der Waals surface area contributed by atoms with Crippen LogP contribution in [0.15, 0.2) is 4.52 Å². The highest BCUT2D eigenvalue weighted by Crippen LogP contribution is 2.21. The first-order valence-electron chi connectivity index (χ1n) is 7.25. The minimum atomic E-state index is -0.0428. The molecule has 1 N–H and O–H groups in total. The summed E-state index contributed by atoms with van der Waals surface area (Å²) in [5.74, 6) is 1.35. The van der Waals surface area contributed by atoms with Gasteiger partial charge in [-0.15, -0.1) is 0 Å². The minimum absolute atomic E-state index is 0.0428. The lowest BCUT2D eigenvalue weighted by Crippen LogP contribution is -2.39. The topological polar surface area (TPSA) is 63.4 Å². The highest BCUT2D eigenvalue weighted by atomic mass is 16.5. The van der Waals surface area contributed by atoms with Gasteiger partial charge in [-0.1, -0.05) is 12.1 Å². The zero-order valence-electron chi connectivity index (χ0n) is 11.5. The summed E-state index contributed by atoms with van der Waals surface area (Å²) in [7, 11) is 0. The molecule has 2 fully saturated rings. The predicted molar refractivity (Wildman–Crippen MR) is 69.6 cm³/mol. The molecule has 6 nitrogen and oxygen atoms in total. The van der Waals surface area contributed by atoms with Gasteiger partial charge in [-0.2, -0.15) is 4.98 Å². The fourth-order valence-electron chi connectivity index (χ4n) is 2.37. The number of ether oxygens (including phenoxy) is 1. The standard InChI is InChI=1S/C13H22N4O2/c1-2-5-17-6-7-18-11(9-17)13-15-12(19-16-13)8-14-10-3-4-10/h10-11,14H,2-9H2,1H3. The molecule has 106 valence electrons. The van der Waals surface area contributed by atoms with Gasteiger partial charge in [0, 0.05) is 19.1 Å². The number of aromatic nitrogens is 2. The van der Waals surface area contributed by atoms with Crippen LogP contribution in [0.25, 0.3) is 0 Å². The summed E-state index contributed by atoms with van der Waals surface area (Å²) < 4.78 is 11.0. The molecule has 0 aromatic carbocycles. The van der Waals surface area contributed by atoms with Crippen LogP contribution in [0.2, 0.25) is 0 Å². The molecule has 1 aromatic rings. The first-order chi connectivity index (χ1) is 9.35. The molecule has 1 aliphatic carbocycles. The Hall–Kier alpha value is -0.980. The van der Waals surface area contributed by atoms with Crippen molar-refractivity contribution in [3.05, 3.63) is 11.7 Å². The van der Waals surface area contributed by atoms with Gasteiger partial charge in [0.25, 0.3) is 0 Å². The van der Waals surface area contributed by atoms with Crippen molar-refractivity contribution in [2.45, 2.75) is 44.9 Å². The van der Waals surface area contributed by atoms with Crippen molar-refractivity contribution in [2.75, 3.05) is 26.2 Å². The largest absolute Gasteiger partial charge is 0.367 e. The summed E-state index contributed by atoms with van der Waals surface area (Å²) in [6.45, 7) is 6.58. The van der Waals surface area contributed by atoms with E-state index in [-0.39, 0.29) is 6.10 Å². The lowest BCUT2D eigenvalue weighted by atomic mass is 10.2. The number of morpholine rings is 1. The quantitative estimate of drug-likeness (QED) is 0.832. The highest BCUT2D eigenvalue weighted by molar-refractivity contribution is 4.95. The Morgan fingerprint density at radius 2 is 2.32 bits per heavy atom. The molecule has 0 bridgehead atoms. The van der Waals surface area contributed by atoms with E-state index in [0.717, 1.165) is 32.7 Å². The van der Waals surface area contributed by atoms with Gasteiger partial charge < -0.3 is 14.6 Å². The Labute approximate surface area is 113 Å². The first-order valence-corrected chi connectivity index (χ1v) is 7.25. The second kappa shape index (κ2) is 5.98. The zero-order chi connectivity index (χ0) is 13.1. The molecule has 0 radical (unpaired) electrons. The molecule has 1 unspecified atom stereocenters. The number of hydrogen-bond donors (Lipinski definition) is 1. The molecule has 19 heavy (non-hydrogen) atoms. The highest BCUT2D eigenvalue weighted by Gasteiger charge is 2.26. The van der Waals surface area contributed by atoms with Crippen LogP contribution < -0.4 is 5.32 Å². The van der Waals surface area contributed by atoms with E-state index in [0.29, 0.717) is 24.3 Å². The lowest BCUT2D eigenvalue weighted by molar-refractivity contribution is -0.0350. The smallest absolute Gasteiger partial charge is 0.240 e. The Morgan fingerprint density at radius 3 is 3.11 bits per heavy atom. The fourth-order valence-corrected chi connectivity index (χ4v) is 2.37. The van der Waals surface area contributed by atoms with E-state index < -0.39 is 0 Å². The Morgan fingerprint density at radius 1 is 1.42 bits per heavy atom. The van der Waals surface area contributed by atoms with Crippen molar-refractivity contribution in [1.82, 2.24) is 20.4 Å². The van der Waals surface area contributed by atoms with Gasteiger partial charge in [-0.3, -0.25) is 4.90 Å². The molecule has 3 rings (SSSR count). The third-order valence-electron chi connectivity index (χ3n) is 3.58. The number of nitrogens with one attached hydrogen (secondary N) is 1. The summed E-state index contributed by atoms with van der Waals surface area (Å²) in [6.07, 6.45) is 3.64. The summed E-state index contributed by atoms with van der Waals surface area (Å²) >= 11 is 0. The van der Waals surface area contributed by atoms with E-state index in [2.05, 4.69) is 27.3 Å². The third-order valence-corrected chi connectivity index (χ3v) is 3.58. The van der Waals surface area contributed by atoms with Gasteiger partial charge in [0.1, 0.15) is 6.10 Å². The second-order valence-corrected chi connectivity index (χ2v) is 5.36. The Bertz CT molecular complexity index is 403. The molecule has 1 saturated carbocycles. The van der Waals surface area contributed by atoms with Crippen LogP contribution in [-0.4, -0.2) is 47.3 Å². The van der Waals surface area contributed by atoms with E-state index in [1.165, 1.54) is 12.8 Å². The van der Waals surface area contributed by atoms with Crippen LogP contribution in [-0.2, 0) is 11.3 Å². The molecule has 1 saturated heterocycles. The summed E-state index contributed by atoms with van der Waals surface area (Å²) in [5.41, 5.74) is 0. The summed E-state index contributed by atoms with van der Waals surface area (Å²) in [6, 6.07) is 0.654. The average Bonchev–Trinajstić information content (AvgIpc) is 3.14. The van der Waals surface area contributed by atoms with Crippen LogP contribution in [0, 0.1) is 0 Å². The number of hydrogen-bond acceptors (Lipinski definition) is 6. The van der Waals surface area contributed by atoms with Gasteiger partial charge >= 0.3 is 0 Å². The molecule has 2 aliphatic rings. The van der Waals surface area contributed by atoms with Crippen LogP contribution in [0.5, 0.6) is 0 Å². The predicted octanol–water partition coefficient (Wildman–Crippen LogP) is 1.10. The maximum atomic E-state index is 5.74. The molecule has 2 heterocycles. The maximum Gasteiger partial charge on any atom is 0.240 e. The van der Waals surface area contributed by atoms with E-state index in [1.54, 1.807) is 0 Å². The normalized spacial score (nSPS) is 24.8.